The molecule has 0 aliphatic carbocycles. The van der Waals surface area contributed by atoms with Gasteiger partial charge in [-0.15, -0.1) is 11.3 Å². The smallest absolute Gasteiger partial charge is 0.185 e. The number of hydrogen-bond donors (Lipinski definition) is 1. The topological polar surface area (TPSA) is 28.2 Å². The Hall–Kier alpha value is -0.610. The van der Waals surface area contributed by atoms with E-state index in [2.05, 4.69) is 22.2 Å². The van der Waals surface area contributed by atoms with Crippen LogP contribution in [0.25, 0.3) is 0 Å². The van der Waals surface area contributed by atoms with Gasteiger partial charge in [-0.05, 0) is 13.0 Å². The van der Waals surface area contributed by atoms with Gasteiger partial charge in [0, 0.05) is 31.2 Å². The van der Waals surface area contributed by atoms with Crippen molar-refractivity contribution in [3.05, 3.63) is 11.6 Å². The normalized spacial score (nSPS) is 22.9. The van der Waals surface area contributed by atoms with Crippen molar-refractivity contribution in [3.63, 3.8) is 0 Å². The molecular weight excluding hydrogens is 170 g/mol. The molecule has 0 saturated carbocycles. The minimum atomic E-state index is 0.635. The van der Waals surface area contributed by atoms with Gasteiger partial charge in [0.05, 0.1) is 0 Å². The first-order valence-corrected chi connectivity index (χ1v) is 5.09. The maximum absolute atomic E-state index is 4.28. The summed E-state index contributed by atoms with van der Waals surface area (Å²) < 4.78 is 0. The van der Waals surface area contributed by atoms with Crippen molar-refractivity contribution in [2.24, 2.45) is 0 Å². The lowest BCUT2D eigenvalue weighted by molar-refractivity contribution is 0.684. The molecule has 3 nitrogen and oxygen atoms in total. The first-order chi connectivity index (χ1) is 5.88. The molecule has 0 spiro atoms. The lowest BCUT2D eigenvalue weighted by atomic mass is 10.2. The molecule has 1 aromatic heterocycles. The highest BCUT2D eigenvalue weighted by Gasteiger charge is 2.20. The van der Waals surface area contributed by atoms with Crippen LogP contribution in [0.1, 0.15) is 6.42 Å². The van der Waals surface area contributed by atoms with Crippen LogP contribution in [0.3, 0.4) is 0 Å². The van der Waals surface area contributed by atoms with E-state index < -0.39 is 0 Å². The fourth-order valence-electron chi connectivity index (χ4n) is 1.52. The number of nitrogens with one attached hydrogen (secondary N) is 1. The van der Waals surface area contributed by atoms with E-state index in [1.807, 2.05) is 11.6 Å². The molecule has 0 radical (unpaired) electrons. The van der Waals surface area contributed by atoms with Crippen LogP contribution in [0.2, 0.25) is 0 Å². The van der Waals surface area contributed by atoms with Crippen LogP contribution in [-0.2, 0) is 0 Å². The lowest BCUT2D eigenvalue weighted by Crippen LogP contribution is -2.33. The Balaban J connectivity index is 2.04. The van der Waals surface area contributed by atoms with Crippen LogP contribution >= 0.6 is 11.3 Å². The van der Waals surface area contributed by atoms with Gasteiger partial charge in [-0.25, -0.2) is 4.98 Å². The quantitative estimate of drug-likeness (QED) is 0.739. The zero-order valence-corrected chi connectivity index (χ0v) is 7.97. The molecular formula is C8H13N3S. The Morgan fingerprint density at radius 1 is 1.75 bits per heavy atom. The molecule has 1 N–H and O–H groups in total. The lowest BCUT2D eigenvalue weighted by Gasteiger charge is -2.22. The van der Waals surface area contributed by atoms with Crippen LogP contribution in [0.15, 0.2) is 11.6 Å². The third-order valence-corrected chi connectivity index (χ3v) is 3.17. The Kier molecular flexibility index (Phi) is 2.28. The van der Waals surface area contributed by atoms with Crippen LogP contribution in [0, 0.1) is 0 Å². The van der Waals surface area contributed by atoms with Gasteiger partial charge in [0.2, 0.25) is 0 Å². The van der Waals surface area contributed by atoms with E-state index in [1.54, 1.807) is 11.3 Å². The summed E-state index contributed by atoms with van der Waals surface area (Å²) >= 11 is 1.70. The third-order valence-electron chi connectivity index (χ3n) is 2.30. The molecule has 1 fully saturated rings. The molecule has 2 heterocycles. The molecule has 1 aliphatic rings. The van der Waals surface area contributed by atoms with E-state index in [9.17, 15) is 0 Å². The van der Waals surface area contributed by atoms with Crippen molar-refractivity contribution < 1.29 is 0 Å². The Morgan fingerprint density at radius 3 is 3.25 bits per heavy atom. The number of aromatic nitrogens is 1. The molecule has 1 saturated heterocycles. The van der Waals surface area contributed by atoms with Crippen molar-refractivity contribution in [3.8, 4) is 0 Å². The van der Waals surface area contributed by atoms with E-state index >= 15 is 0 Å². The molecule has 66 valence electrons. The van der Waals surface area contributed by atoms with Crippen LogP contribution in [0.4, 0.5) is 5.13 Å². The van der Waals surface area contributed by atoms with Gasteiger partial charge in [0.15, 0.2) is 5.13 Å². The average molecular weight is 183 g/mol. The highest BCUT2D eigenvalue weighted by atomic mass is 32.1. The summed E-state index contributed by atoms with van der Waals surface area (Å²) in [5.41, 5.74) is 0. The van der Waals surface area contributed by atoms with E-state index in [1.165, 1.54) is 6.42 Å². The summed E-state index contributed by atoms with van der Waals surface area (Å²) in [7, 11) is 2.12. The Labute approximate surface area is 76.4 Å². The van der Waals surface area contributed by atoms with Gasteiger partial charge in [-0.1, -0.05) is 0 Å². The van der Waals surface area contributed by atoms with E-state index in [0.717, 1.165) is 18.2 Å². The van der Waals surface area contributed by atoms with Gasteiger partial charge in [0.1, 0.15) is 0 Å². The monoisotopic (exact) mass is 183 g/mol. The molecule has 4 heteroatoms. The molecule has 1 aromatic rings. The Morgan fingerprint density at radius 2 is 2.67 bits per heavy atom. The number of anilines is 1. The Bertz CT molecular complexity index is 228. The summed E-state index contributed by atoms with van der Waals surface area (Å²) in [6, 6.07) is 0.635. The predicted octanol–water partition coefficient (Wildman–Crippen LogP) is 0.941. The number of likely N-dealkylation sites (N-methyl/N-ethyl adjacent to an activating group) is 1. The molecule has 1 unspecified atom stereocenters. The molecule has 0 amide bonds. The van der Waals surface area contributed by atoms with Gasteiger partial charge >= 0.3 is 0 Å². The first-order valence-electron chi connectivity index (χ1n) is 4.21. The van der Waals surface area contributed by atoms with E-state index in [4.69, 9.17) is 0 Å². The number of nitrogens with zero attached hydrogens (tertiary/aromatic N) is 2. The zero-order chi connectivity index (χ0) is 8.39. The fourth-order valence-corrected chi connectivity index (χ4v) is 2.20. The third kappa shape index (κ3) is 1.44. The summed E-state index contributed by atoms with van der Waals surface area (Å²) in [6.07, 6.45) is 3.09. The highest BCUT2D eigenvalue weighted by molar-refractivity contribution is 7.13. The SMILES string of the molecule is CN(c1nccs1)C1CCNC1. The summed E-state index contributed by atoms with van der Waals surface area (Å²) in [5, 5.41) is 6.50. The van der Waals surface area contributed by atoms with Crippen LogP contribution < -0.4 is 10.2 Å². The molecule has 0 aromatic carbocycles. The van der Waals surface area contributed by atoms with Crippen molar-refractivity contribution in [2.45, 2.75) is 12.5 Å². The molecule has 0 bridgehead atoms. The molecule has 1 atom stereocenters. The second-order valence-corrected chi connectivity index (χ2v) is 3.95. The largest absolute Gasteiger partial charge is 0.347 e. The summed E-state index contributed by atoms with van der Waals surface area (Å²) in [6.45, 7) is 2.23. The van der Waals surface area contributed by atoms with Gasteiger partial charge < -0.3 is 10.2 Å². The van der Waals surface area contributed by atoms with Crippen molar-refractivity contribution in [2.75, 3.05) is 25.0 Å². The minimum Gasteiger partial charge on any atom is -0.347 e. The number of thiazole rings is 1. The second kappa shape index (κ2) is 3.41. The van der Waals surface area contributed by atoms with Gasteiger partial charge in [-0.3, -0.25) is 0 Å². The second-order valence-electron chi connectivity index (χ2n) is 3.07. The minimum absolute atomic E-state index is 0.635. The van der Waals surface area contributed by atoms with E-state index in [-0.39, 0.29) is 0 Å². The number of rotatable bonds is 2. The number of hydrogen-bond acceptors (Lipinski definition) is 4. The molecule has 2 rings (SSSR count). The maximum Gasteiger partial charge on any atom is 0.185 e. The van der Waals surface area contributed by atoms with Crippen molar-refractivity contribution in [1.29, 1.82) is 0 Å². The fraction of sp³-hybridized carbons (Fsp3) is 0.625. The van der Waals surface area contributed by atoms with Gasteiger partial charge in [-0.2, -0.15) is 0 Å². The molecule has 1 aliphatic heterocycles. The summed E-state index contributed by atoms with van der Waals surface area (Å²) in [5.74, 6) is 0. The zero-order valence-electron chi connectivity index (χ0n) is 7.16. The van der Waals surface area contributed by atoms with Gasteiger partial charge in [0.25, 0.3) is 0 Å². The summed E-state index contributed by atoms with van der Waals surface area (Å²) in [4.78, 5) is 6.55. The highest BCUT2D eigenvalue weighted by Crippen LogP contribution is 2.20. The molecule has 12 heavy (non-hydrogen) atoms. The maximum atomic E-state index is 4.28. The van der Waals surface area contributed by atoms with Crippen molar-refractivity contribution >= 4 is 16.5 Å². The van der Waals surface area contributed by atoms with Crippen molar-refractivity contribution in [1.82, 2.24) is 10.3 Å². The standard InChI is InChI=1S/C8H13N3S/c1-11(7-2-3-9-6-7)8-10-4-5-12-8/h4-5,7,9H,2-3,6H2,1H3. The average Bonchev–Trinajstić information content (AvgIpc) is 2.77. The van der Waals surface area contributed by atoms with Crippen LogP contribution in [-0.4, -0.2) is 31.2 Å². The van der Waals surface area contributed by atoms with Crippen LogP contribution in [0.5, 0.6) is 0 Å². The predicted molar refractivity (Wildman–Crippen MR) is 51.8 cm³/mol. The first kappa shape index (κ1) is 8.01. The van der Waals surface area contributed by atoms with E-state index in [0.29, 0.717) is 6.04 Å².